The van der Waals surface area contributed by atoms with Gasteiger partial charge in [0.2, 0.25) is 12.3 Å². The van der Waals surface area contributed by atoms with Crippen LogP contribution < -0.4 is 10.6 Å². The van der Waals surface area contributed by atoms with Gasteiger partial charge in [-0.2, -0.15) is 0 Å². The van der Waals surface area contributed by atoms with Crippen molar-refractivity contribution in [2.24, 2.45) is 0 Å². The maximum atomic E-state index is 11.1. The van der Waals surface area contributed by atoms with Crippen LogP contribution in [0.25, 0.3) is 0 Å². The highest BCUT2D eigenvalue weighted by Crippen LogP contribution is 2.20. The minimum absolute atomic E-state index is 0.228. The molecule has 0 aromatic heterocycles. The highest BCUT2D eigenvalue weighted by atomic mass is 16.7. The third kappa shape index (κ3) is 1.09. The fourth-order valence-corrected chi connectivity index (χ4v) is 1.55. The molecule has 0 saturated carbocycles. The predicted molar refractivity (Wildman–Crippen MR) is 39.1 cm³/mol. The lowest BCUT2D eigenvalue weighted by Gasteiger charge is -2.05. The van der Waals surface area contributed by atoms with Crippen LogP contribution in [-0.2, 0) is 0 Å². The number of fused-ring (bicyclic) bond motifs is 1. The average molecular weight is 234 g/mol. The molecule has 0 radical (unpaired) electrons. The molecule has 4 amide bonds. The van der Waals surface area contributed by atoms with Gasteiger partial charge in [0.15, 0.2) is 0 Å². The number of hydrazine groups is 2. The van der Waals surface area contributed by atoms with Crippen LogP contribution in [0.4, 0.5) is 9.59 Å². The van der Waals surface area contributed by atoms with Crippen molar-refractivity contribution < 1.29 is 30.1 Å². The molecule has 2 unspecified atom stereocenters. The molecule has 2 aliphatic heterocycles. The molecule has 12 heteroatoms. The molecule has 0 spiro atoms. The molecule has 2 rings (SSSR count). The van der Waals surface area contributed by atoms with Crippen molar-refractivity contribution in [3.05, 3.63) is 9.81 Å². The van der Waals surface area contributed by atoms with Crippen molar-refractivity contribution >= 4 is 12.1 Å². The van der Waals surface area contributed by atoms with Crippen LogP contribution in [-0.4, -0.2) is 54.9 Å². The zero-order valence-corrected chi connectivity index (χ0v) is 7.47. The molecule has 2 saturated heterocycles. The van der Waals surface area contributed by atoms with Gasteiger partial charge in [-0.05, 0) is 0 Å². The first kappa shape index (κ1) is 9.88. The van der Waals surface area contributed by atoms with Gasteiger partial charge in [-0.1, -0.05) is 0 Å². The second-order valence-electron chi connectivity index (χ2n) is 2.98. The summed E-state index contributed by atoms with van der Waals surface area (Å²) in [6, 6.07) is -2.06. The predicted octanol–water partition coefficient (Wildman–Crippen LogP) is -2.14. The van der Waals surface area contributed by atoms with Gasteiger partial charge in [0, 0.05) is 10.0 Å². The van der Waals surface area contributed by atoms with Gasteiger partial charge >= 0.3 is 22.1 Å². The molecule has 4 N–H and O–H groups in total. The van der Waals surface area contributed by atoms with Crippen molar-refractivity contribution in [3.63, 3.8) is 0 Å². The third-order valence-corrected chi connectivity index (χ3v) is 2.15. The van der Waals surface area contributed by atoms with Gasteiger partial charge in [0.25, 0.3) is 0 Å². The monoisotopic (exact) mass is 234 g/mol. The standard InChI is InChI=1S/C4H4N6O6/c11-3-5-1-2(8(3)10(15)16)6-4(12)7(1)9(13)14/h1-2H,(H2-2,5,6,11,12,13,14,15,16)/p+2. The van der Waals surface area contributed by atoms with Crippen molar-refractivity contribution in [1.82, 2.24) is 20.7 Å². The van der Waals surface area contributed by atoms with E-state index in [4.69, 9.17) is 10.4 Å². The number of rotatable bonds is 2. The average Bonchev–Trinajstić information content (AvgIpc) is 2.55. The summed E-state index contributed by atoms with van der Waals surface area (Å²) in [5, 5.41) is 20.2. The molecule has 0 aliphatic carbocycles. The zero-order chi connectivity index (χ0) is 12.0. The van der Waals surface area contributed by atoms with E-state index in [9.17, 15) is 19.4 Å². The topological polar surface area (TPSA) is 145 Å². The van der Waals surface area contributed by atoms with Gasteiger partial charge < -0.3 is 10.6 Å². The molecular formula is C4H6N6O6+2. The van der Waals surface area contributed by atoms with Crippen LogP contribution >= 0.6 is 0 Å². The Morgan fingerprint density at radius 1 is 0.938 bits per heavy atom. The van der Waals surface area contributed by atoms with Crippen LogP contribution in [0.15, 0.2) is 0 Å². The lowest BCUT2D eigenvalue weighted by atomic mass is 10.4. The highest BCUT2D eigenvalue weighted by Gasteiger charge is 2.64. The maximum absolute atomic E-state index is 11.1. The molecule has 0 aromatic carbocycles. The molecule has 12 nitrogen and oxygen atoms in total. The van der Waals surface area contributed by atoms with E-state index in [1.807, 2.05) is 10.6 Å². The number of hydrogen-bond acceptors (Lipinski definition) is 4. The number of nitrogens with zero attached hydrogens (tertiary/aromatic N) is 4. The van der Waals surface area contributed by atoms with Gasteiger partial charge in [0.1, 0.15) is 9.81 Å². The smallest absolute Gasteiger partial charge is 0.304 e. The van der Waals surface area contributed by atoms with Crippen LogP contribution in [0.2, 0.25) is 0 Å². The number of carbonyl (C=O) groups is 2. The first-order chi connectivity index (χ1) is 7.43. The number of nitrogens with one attached hydrogen (secondary N) is 2. The summed E-state index contributed by atoms with van der Waals surface area (Å²) in [4.78, 5) is 43.5. The Morgan fingerprint density at radius 3 is 1.50 bits per heavy atom. The number of hydrogen-bond donors (Lipinski definition) is 4. The Morgan fingerprint density at radius 2 is 1.25 bits per heavy atom. The van der Waals surface area contributed by atoms with Crippen molar-refractivity contribution in [3.8, 4) is 0 Å². The number of carbonyl (C=O) groups excluding carboxylic acids is 2. The Kier molecular flexibility index (Phi) is 1.80. The minimum atomic E-state index is -1.29. The highest BCUT2D eigenvalue weighted by molar-refractivity contribution is 5.83. The zero-order valence-electron chi connectivity index (χ0n) is 7.47. The van der Waals surface area contributed by atoms with Crippen molar-refractivity contribution in [1.29, 1.82) is 0 Å². The molecule has 2 aliphatic rings. The van der Waals surface area contributed by atoms with Gasteiger partial charge in [-0.3, -0.25) is 0 Å². The first-order valence-corrected chi connectivity index (χ1v) is 3.95. The lowest BCUT2D eigenvalue weighted by molar-refractivity contribution is -0.899. The van der Waals surface area contributed by atoms with Crippen molar-refractivity contribution in [2.45, 2.75) is 12.3 Å². The fourth-order valence-electron chi connectivity index (χ4n) is 1.55. The first-order valence-electron chi connectivity index (χ1n) is 3.95. The Bertz CT molecular complexity index is 370. The molecule has 0 bridgehead atoms. The summed E-state index contributed by atoms with van der Waals surface area (Å²) in [6.45, 7) is 0. The molecule has 2 atom stereocenters. The van der Waals surface area contributed by atoms with E-state index in [0.29, 0.717) is 0 Å². The molecule has 16 heavy (non-hydrogen) atoms. The van der Waals surface area contributed by atoms with Crippen LogP contribution in [0.3, 0.4) is 0 Å². The van der Waals surface area contributed by atoms with Gasteiger partial charge in [-0.25, -0.2) is 20.0 Å². The quantitative estimate of drug-likeness (QED) is 0.401. The van der Waals surface area contributed by atoms with Crippen LogP contribution in [0, 0.1) is 9.81 Å². The van der Waals surface area contributed by atoms with E-state index in [1.54, 1.807) is 0 Å². The summed E-state index contributed by atoms with van der Waals surface area (Å²) in [5.41, 5.74) is 0. The maximum Gasteiger partial charge on any atom is 0.383 e. The van der Waals surface area contributed by atoms with E-state index in [2.05, 4.69) is 0 Å². The molecule has 2 fully saturated rings. The van der Waals surface area contributed by atoms with Crippen LogP contribution in [0.5, 0.6) is 0 Å². The van der Waals surface area contributed by atoms with Gasteiger partial charge in [-0.15, -0.1) is 0 Å². The summed E-state index contributed by atoms with van der Waals surface area (Å²) in [5.74, 6) is 0. The van der Waals surface area contributed by atoms with E-state index >= 15 is 0 Å². The summed E-state index contributed by atoms with van der Waals surface area (Å²) < 4.78 is 0. The second kappa shape index (κ2) is 2.91. The molecule has 0 aromatic rings. The van der Waals surface area contributed by atoms with Crippen molar-refractivity contribution in [2.75, 3.05) is 0 Å². The third-order valence-electron chi connectivity index (χ3n) is 2.15. The second-order valence-corrected chi connectivity index (χ2v) is 2.98. The van der Waals surface area contributed by atoms with Gasteiger partial charge in [0.05, 0.1) is 0 Å². The summed E-state index contributed by atoms with van der Waals surface area (Å²) in [6.07, 6.45) is -2.57. The Balaban J connectivity index is 2.32. The van der Waals surface area contributed by atoms with E-state index in [1.165, 1.54) is 0 Å². The van der Waals surface area contributed by atoms with Crippen LogP contribution in [0.1, 0.15) is 0 Å². The van der Waals surface area contributed by atoms with E-state index in [0.717, 1.165) is 0 Å². The SMILES string of the molecule is O=C1NC2C(NC(=O)N2[N+](=O)O)N1[N+](=O)O. The normalized spacial score (nSPS) is 27.5. The lowest BCUT2D eigenvalue weighted by Crippen LogP contribution is -2.47. The Hall–Kier alpha value is -2.66. The molecule has 86 valence electrons. The largest absolute Gasteiger partial charge is 0.383 e. The number of amides is 4. The summed E-state index contributed by atoms with van der Waals surface area (Å²) >= 11 is 0. The molecule has 2 heterocycles. The Labute approximate surface area is 86.0 Å². The molecular weight excluding hydrogens is 228 g/mol. The summed E-state index contributed by atoms with van der Waals surface area (Å²) in [7, 11) is 0. The fraction of sp³-hybridized carbons (Fsp3) is 0.500. The van der Waals surface area contributed by atoms with E-state index < -0.39 is 34.5 Å². The number of urea groups is 2. The minimum Gasteiger partial charge on any atom is -0.304 e. The van der Waals surface area contributed by atoms with E-state index in [-0.39, 0.29) is 10.0 Å².